The van der Waals surface area contributed by atoms with Crippen molar-refractivity contribution in [2.45, 2.75) is 0 Å². The molecule has 0 unspecified atom stereocenters. The fourth-order valence-corrected chi connectivity index (χ4v) is 2.82. The van der Waals surface area contributed by atoms with Crippen LogP contribution < -0.4 is 15.4 Å². The van der Waals surface area contributed by atoms with E-state index in [1.807, 2.05) is 12.1 Å². The van der Waals surface area contributed by atoms with E-state index in [0.29, 0.717) is 5.69 Å². The monoisotopic (exact) mass is 417 g/mol. The average Bonchev–Trinajstić information content (AvgIpc) is 3.51. The fraction of sp³-hybridized carbons (Fsp3) is 0.0952. The summed E-state index contributed by atoms with van der Waals surface area (Å²) < 4.78 is 8.31. The van der Waals surface area contributed by atoms with E-state index in [1.165, 1.54) is 6.33 Å². The van der Waals surface area contributed by atoms with Crippen molar-refractivity contribution in [3.63, 3.8) is 0 Å². The van der Waals surface area contributed by atoms with E-state index in [2.05, 4.69) is 25.8 Å². The minimum Gasteiger partial charge on any atom is -0.497 e. The van der Waals surface area contributed by atoms with Gasteiger partial charge in [-0.3, -0.25) is 9.59 Å². The third-order valence-corrected chi connectivity index (χ3v) is 4.40. The quantitative estimate of drug-likeness (QED) is 0.474. The summed E-state index contributed by atoms with van der Waals surface area (Å²) in [6.45, 7) is -0.181. The van der Waals surface area contributed by atoms with Crippen LogP contribution in [0.25, 0.3) is 11.4 Å². The molecule has 0 aliphatic carbocycles. The van der Waals surface area contributed by atoms with Crippen LogP contribution in [0.2, 0.25) is 0 Å². The van der Waals surface area contributed by atoms with Crippen LogP contribution in [0.15, 0.2) is 73.4 Å². The Morgan fingerprint density at radius 1 is 0.968 bits per heavy atom. The molecule has 0 radical (unpaired) electrons. The zero-order valence-corrected chi connectivity index (χ0v) is 16.6. The molecular weight excluding hydrogens is 398 g/mol. The Hall–Kier alpha value is -4.47. The molecule has 4 rings (SSSR count). The summed E-state index contributed by atoms with van der Waals surface area (Å²) in [4.78, 5) is 28.4. The Kier molecular flexibility index (Phi) is 5.70. The first-order valence-corrected chi connectivity index (χ1v) is 9.35. The van der Waals surface area contributed by atoms with Crippen molar-refractivity contribution in [3.8, 4) is 17.1 Å². The molecule has 0 atom stereocenters. The van der Waals surface area contributed by atoms with Gasteiger partial charge in [-0.25, -0.2) is 14.3 Å². The van der Waals surface area contributed by atoms with Gasteiger partial charge in [0.05, 0.1) is 25.0 Å². The highest BCUT2D eigenvalue weighted by Gasteiger charge is 2.12. The second-order valence-corrected chi connectivity index (χ2v) is 6.46. The maximum absolute atomic E-state index is 12.3. The molecule has 2 aromatic carbocycles. The van der Waals surface area contributed by atoms with Gasteiger partial charge in [0.25, 0.3) is 5.91 Å². The van der Waals surface area contributed by atoms with E-state index in [0.717, 1.165) is 17.1 Å². The van der Waals surface area contributed by atoms with Crippen molar-refractivity contribution < 1.29 is 14.3 Å². The van der Waals surface area contributed by atoms with E-state index in [-0.39, 0.29) is 18.1 Å². The van der Waals surface area contributed by atoms with Crippen LogP contribution in [0.5, 0.6) is 5.75 Å². The van der Waals surface area contributed by atoms with Crippen LogP contribution >= 0.6 is 0 Å². The minimum atomic E-state index is -0.441. The SMILES string of the molecule is COc1ccc(-n2ccc(C(=O)NCC(=O)Nc3ccc(-n4cncn4)cc3)n2)cc1. The number of hydrogen-bond donors (Lipinski definition) is 2. The summed E-state index contributed by atoms with van der Waals surface area (Å²) in [5.74, 6) is -0.0618. The number of nitrogens with one attached hydrogen (secondary N) is 2. The molecule has 0 fully saturated rings. The fourth-order valence-electron chi connectivity index (χ4n) is 2.82. The first-order chi connectivity index (χ1) is 15.1. The summed E-state index contributed by atoms with van der Waals surface area (Å²) >= 11 is 0. The van der Waals surface area contributed by atoms with Gasteiger partial charge in [-0.05, 0) is 54.6 Å². The van der Waals surface area contributed by atoms with E-state index >= 15 is 0 Å². The molecule has 0 saturated carbocycles. The predicted octanol–water partition coefficient (Wildman–Crippen LogP) is 1.83. The number of hydrogen-bond acceptors (Lipinski definition) is 6. The number of carbonyl (C=O) groups is 2. The minimum absolute atomic E-state index is 0.181. The van der Waals surface area contributed by atoms with Crippen molar-refractivity contribution in [1.29, 1.82) is 0 Å². The second-order valence-electron chi connectivity index (χ2n) is 6.46. The molecule has 156 valence electrons. The average molecular weight is 417 g/mol. The molecule has 0 bridgehead atoms. The number of amides is 2. The molecule has 10 heteroatoms. The summed E-state index contributed by atoms with van der Waals surface area (Å²) in [5, 5.41) is 13.6. The summed E-state index contributed by atoms with van der Waals surface area (Å²) in [6, 6.07) is 15.9. The smallest absolute Gasteiger partial charge is 0.272 e. The van der Waals surface area contributed by atoms with Crippen molar-refractivity contribution in [3.05, 3.63) is 79.1 Å². The van der Waals surface area contributed by atoms with Crippen LogP contribution in [-0.4, -0.2) is 50.0 Å². The lowest BCUT2D eigenvalue weighted by Gasteiger charge is -2.07. The maximum atomic E-state index is 12.3. The van der Waals surface area contributed by atoms with E-state index in [9.17, 15) is 9.59 Å². The molecule has 0 aliphatic rings. The Balaban J connectivity index is 1.30. The molecule has 2 amide bonds. The van der Waals surface area contributed by atoms with Gasteiger partial charge >= 0.3 is 0 Å². The second kappa shape index (κ2) is 8.91. The van der Waals surface area contributed by atoms with Gasteiger partial charge in [-0.15, -0.1) is 0 Å². The van der Waals surface area contributed by atoms with Crippen LogP contribution in [0.4, 0.5) is 5.69 Å². The molecule has 2 N–H and O–H groups in total. The van der Waals surface area contributed by atoms with Gasteiger partial charge in [0.1, 0.15) is 18.4 Å². The van der Waals surface area contributed by atoms with E-state index in [4.69, 9.17) is 4.74 Å². The lowest BCUT2D eigenvalue weighted by atomic mass is 10.3. The molecule has 0 aliphatic heterocycles. The van der Waals surface area contributed by atoms with Crippen molar-refractivity contribution in [2.24, 2.45) is 0 Å². The molecule has 4 aromatic rings. The van der Waals surface area contributed by atoms with Crippen molar-refractivity contribution in [1.82, 2.24) is 29.9 Å². The number of anilines is 1. The Bertz CT molecular complexity index is 1170. The van der Waals surface area contributed by atoms with Gasteiger partial charge in [0.15, 0.2) is 5.69 Å². The van der Waals surface area contributed by atoms with E-state index in [1.54, 1.807) is 71.5 Å². The van der Waals surface area contributed by atoms with Gasteiger partial charge in [0, 0.05) is 11.9 Å². The Labute approximate surface area is 177 Å². The number of ether oxygens (including phenoxy) is 1. The van der Waals surface area contributed by atoms with Gasteiger partial charge < -0.3 is 15.4 Å². The first-order valence-electron chi connectivity index (χ1n) is 9.35. The predicted molar refractivity (Wildman–Crippen MR) is 112 cm³/mol. The zero-order valence-electron chi connectivity index (χ0n) is 16.6. The lowest BCUT2D eigenvalue weighted by Crippen LogP contribution is -2.33. The highest BCUT2D eigenvalue weighted by molar-refractivity contribution is 5.98. The highest BCUT2D eigenvalue weighted by Crippen LogP contribution is 2.15. The third kappa shape index (κ3) is 4.75. The molecular formula is C21H19N7O3. The number of aromatic nitrogens is 5. The topological polar surface area (TPSA) is 116 Å². The van der Waals surface area contributed by atoms with Crippen molar-refractivity contribution >= 4 is 17.5 Å². The highest BCUT2D eigenvalue weighted by atomic mass is 16.5. The van der Waals surface area contributed by atoms with E-state index < -0.39 is 5.91 Å². The van der Waals surface area contributed by atoms with Gasteiger partial charge in [-0.1, -0.05) is 0 Å². The number of nitrogens with zero attached hydrogens (tertiary/aromatic N) is 5. The molecule has 31 heavy (non-hydrogen) atoms. The number of rotatable bonds is 7. The molecule has 2 heterocycles. The summed E-state index contributed by atoms with van der Waals surface area (Å²) in [7, 11) is 1.59. The third-order valence-electron chi connectivity index (χ3n) is 4.40. The number of carbonyl (C=O) groups excluding carboxylic acids is 2. The molecule has 2 aromatic heterocycles. The Morgan fingerprint density at radius 2 is 1.68 bits per heavy atom. The Morgan fingerprint density at radius 3 is 2.35 bits per heavy atom. The summed E-state index contributed by atoms with van der Waals surface area (Å²) in [6.07, 6.45) is 4.70. The molecule has 10 nitrogen and oxygen atoms in total. The first kappa shape index (κ1) is 19.8. The lowest BCUT2D eigenvalue weighted by molar-refractivity contribution is -0.115. The van der Waals surface area contributed by atoms with Crippen LogP contribution in [0.1, 0.15) is 10.5 Å². The van der Waals surface area contributed by atoms with Gasteiger partial charge in [-0.2, -0.15) is 10.2 Å². The van der Waals surface area contributed by atoms with Gasteiger partial charge in [0.2, 0.25) is 5.91 Å². The largest absolute Gasteiger partial charge is 0.497 e. The van der Waals surface area contributed by atoms with Crippen LogP contribution in [0, 0.1) is 0 Å². The van der Waals surface area contributed by atoms with Crippen LogP contribution in [-0.2, 0) is 4.79 Å². The van der Waals surface area contributed by atoms with Crippen LogP contribution in [0.3, 0.4) is 0 Å². The maximum Gasteiger partial charge on any atom is 0.272 e. The zero-order chi connectivity index (χ0) is 21.6. The van der Waals surface area contributed by atoms with Crippen molar-refractivity contribution in [2.75, 3.05) is 19.0 Å². The number of benzene rings is 2. The number of methoxy groups -OCH3 is 1. The molecule has 0 spiro atoms. The molecule has 0 saturated heterocycles. The summed E-state index contributed by atoms with van der Waals surface area (Å²) in [5.41, 5.74) is 2.41. The normalized spacial score (nSPS) is 10.5. The standard InChI is InChI=1S/C21H19N7O3/c1-31-18-8-6-16(7-9-18)27-11-10-19(26-27)21(30)23-12-20(29)25-15-2-4-17(5-3-15)28-14-22-13-24-28/h2-11,13-14H,12H2,1H3,(H,23,30)(H,25,29).